The van der Waals surface area contributed by atoms with Crippen molar-refractivity contribution in [3.63, 3.8) is 0 Å². The summed E-state index contributed by atoms with van der Waals surface area (Å²) in [5.74, 6) is -3.51. The Morgan fingerprint density at radius 2 is 1.33 bits per heavy atom. The second kappa shape index (κ2) is 10.8. The molecule has 0 aromatic rings. The van der Waals surface area contributed by atoms with Crippen molar-refractivity contribution in [2.24, 2.45) is 0 Å². The van der Waals surface area contributed by atoms with Crippen LogP contribution in [0.3, 0.4) is 0 Å². The van der Waals surface area contributed by atoms with Gasteiger partial charge in [0.2, 0.25) is 0 Å². The molecule has 0 aliphatic heterocycles. The summed E-state index contributed by atoms with van der Waals surface area (Å²) in [6.07, 6.45) is 0. The molecule has 0 aromatic carbocycles. The fraction of sp³-hybridized carbons (Fsp3) is 0.500. The minimum absolute atomic E-state index is 0. The molecule has 0 aliphatic rings. The summed E-state index contributed by atoms with van der Waals surface area (Å²) in [6, 6.07) is 0. The first kappa shape index (κ1) is 3.95. The van der Waals surface area contributed by atoms with E-state index in [1.165, 1.54) is 0 Å². The molecule has 0 aliphatic carbocycles. The number of hydrogen-bond donors (Lipinski definition) is 2. The average Bonchev–Trinajstić information content (AvgIpc) is 1.83. The Balaban J connectivity index is -0.000000180. The van der Waals surface area contributed by atoms with Gasteiger partial charge in [0.1, 0.15) is 0 Å². The number of carboxylic acids is 2. The average molecular weight is 149 g/mol. The van der Waals surface area contributed by atoms with Gasteiger partial charge in [-0.2, -0.15) is 0 Å². The number of carbonyl (C=O) groups is 2. The second-order valence-electron chi connectivity index (χ2n) is 0.610. The minimum Gasteiger partial charge on any atom is -0.481 e. The van der Waals surface area contributed by atoms with E-state index in [0.29, 0.717) is 0 Å². The van der Waals surface area contributed by atoms with Gasteiger partial charge in [-0.1, -0.05) is 0 Å². The maximum Gasteiger partial charge on any atom is 0.300 e. The summed E-state index contributed by atoms with van der Waals surface area (Å²) in [4.78, 5) is 18.9. The Morgan fingerprint density at radius 1 is 1.22 bits per heavy atom. The van der Waals surface area contributed by atoms with Crippen molar-refractivity contribution < 1.29 is 28.0 Å². The van der Waals surface area contributed by atoms with Gasteiger partial charge in [-0.05, 0) is 0 Å². The monoisotopic (exact) mass is 149 g/mol. The standard InChI is InChI=1S/2C2H4O2.Na/c2*1-2(3)4;/h2*1H3,(H,3,4);/i2*1D3;. The van der Waals surface area contributed by atoms with Gasteiger partial charge in [0.25, 0.3) is 11.9 Å². The molecular formula is C4H8NaO4. The van der Waals surface area contributed by atoms with Crippen LogP contribution in [0.2, 0.25) is 0 Å². The van der Waals surface area contributed by atoms with E-state index in [1.807, 2.05) is 0 Å². The van der Waals surface area contributed by atoms with Crippen LogP contribution in [0.5, 0.6) is 0 Å². The SMILES string of the molecule is [2H]C([2H])([2H])C(=O)O.[2H]C([2H])([2H])C(=O)O.[Na]. The summed E-state index contributed by atoms with van der Waals surface area (Å²) in [7, 11) is 0. The van der Waals surface area contributed by atoms with Crippen molar-refractivity contribution in [2.75, 3.05) is 0 Å². The molecule has 0 spiro atoms. The Bertz CT molecular complexity index is 196. The molecule has 5 heteroatoms. The zero-order chi connectivity index (χ0) is 12.2. The molecule has 2 N–H and O–H groups in total. The molecule has 0 fully saturated rings. The molecule has 0 unspecified atom stereocenters. The van der Waals surface area contributed by atoms with E-state index in [9.17, 15) is 9.59 Å². The Morgan fingerprint density at radius 3 is 1.33 bits per heavy atom. The van der Waals surface area contributed by atoms with Gasteiger partial charge >= 0.3 is 0 Å². The molecule has 49 valence electrons. The quantitative estimate of drug-likeness (QED) is 0.468. The third-order valence-electron chi connectivity index (χ3n) is 0. The zero-order valence-electron chi connectivity index (χ0n) is 10.7. The van der Waals surface area contributed by atoms with Crippen LogP contribution in [-0.2, 0) is 9.59 Å². The minimum atomic E-state index is -2.83. The number of carboxylic acid groups (broad SMARTS) is 2. The molecular weight excluding hydrogens is 135 g/mol. The molecule has 0 aromatic heterocycles. The summed E-state index contributed by atoms with van der Waals surface area (Å²) in [6.45, 7) is -5.67. The topological polar surface area (TPSA) is 74.6 Å². The van der Waals surface area contributed by atoms with Crippen molar-refractivity contribution >= 4 is 41.5 Å². The van der Waals surface area contributed by atoms with Crippen molar-refractivity contribution in [3.8, 4) is 0 Å². The van der Waals surface area contributed by atoms with Crippen LogP contribution < -0.4 is 0 Å². The van der Waals surface area contributed by atoms with E-state index in [1.54, 1.807) is 0 Å². The van der Waals surface area contributed by atoms with Crippen LogP contribution in [0.15, 0.2) is 0 Å². The van der Waals surface area contributed by atoms with Crippen LogP contribution in [0, 0.1) is 0 Å². The van der Waals surface area contributed by atoms with Crippen LogP contribution in [0.4, 0.5) is 0 Å². The van der Waals surface area contributed by atoms with E-state index in [2.05, 4.69) is 0 Å². The third kappa shape index (κ3) is 77800. The predicted octanol–water partition coefficient (Wildman–Crippen LogP) is -0.199. The summed E-state index contributed by atoms with van der Waals surface area (Å²) in [5, 5.41) is 15.4. The molecule has 0 rings (SSSR count). The van der Waals surface area contributed by atoms with Crippen molar-refractivity contribution in [2.45, 2.75) is 13.7 Å². The Kier molecular flexibility index (Phi) is 4.76. The van der Waals surface area contributed by atoms with Gasteiger partial charge in [-0.25, -0.2) is 0 Å². The summed E-state index contributed by atoms with van der Waals surface area (Å²) < 4.78 is 36.7. The van der Waals surface area contributed by atoms with Gasteiger partial charge < -0.3 is 10.2 Å². The fourth-order valence-corrected chi connectivity index (χ4v) is 0. The van der Waals surface area contributed by atoms with Crippen molar-refractivity contribution in [3.05, 3.63) is 0 Å². The van der Waals surface area contributed by atoms with Gasteiger partial charge in [-0.3, -0.25) is 9.59 Å². The van der Waals surface area contributed by atoms with Gasteiger partial charge in [-0.15, -0.1) is 0 Å². The van der Waals surface area contributed by atoms with Crippen molar-refractivity contribution in [1.82, 2.24) is 0 Å². The van der Waals surface area contributed by atoms with E-state index < -0.39 is 25.6 Å². The molecule has 0 bridgehead atoms. The summed E-state index contributed by atoms with van der Waals surface area (Å²) in [5.41, 5.74) is 0. The van der Waals surface area contributed by atoms with E-state index in [4.69, 9.17) is 18.4 Å². The van der Waals surface area contributed by atoms with Crippen LogP contribution in [0.1, 0.15) is 21.9 Å². The first-order valence-corrected chi connectivity index (χ1v) is 1.36. The van der Waals surface area contributed by atoms with Crippen LogP contribution in [0.25, 0.3) is 0 Å². The smallest absolute Gasteiger partial charge is 0.300 e. The summed E-state index contributed by atoms with van der Waals surface area (Å²) >= 11 is 0. The molecule has 9 heavy (non-hydrogen) atoms. The Hall–Kier alpha value is -0.0600. The maximum absolute atomic E-state index is 9.46. The largest absolute Gasteiger partial charge is 0.481 e. The van der Waals surface area contributed by atoms with E-state index >= 15 is 0 Å². The molecule has 0 saturated carbocycles. The van der Waals surface area contributed by atoms with Crippen LogP contribution in [-0.4, -0.2) is 51.7 Å². The first-order valence-electron chi connectivity index (χ1n) is 4.36. The normalized spacial score (nSPS) is 18.2. The number of aliphatic carboxylic acids is 2. The van der Waals surface area contributed by atoms with E-state index in [0.717, 1.165) is 0 Å². The van der Waals surface area contributed by atoms with Gasteiger partial charge in [0, 0.05) is 51.5 Å². The van der Waals surface area contributed by atoms with Crippen molar-refractivity contribution in [1.29, 1.82) is 0 Å². The Labute approximate surface area is 83.6 Å². The molecule has 1 radical (unpaired) electrons. The first-order chi connectivity index (χ1) is 5.89. The molecule has 0 heterocycles. The van der Waals surface area contributed by atoms with E-state index in [-0.39, 0.29) is 29.6 Å². The molecule has 0 saturated heterocycles. The fourth-order valence-electron chi connectivity index (χ4n) is 0. The molecule has 0 amide bonds. The maximum atomic E-state index is 9.46. The number of hydrogen-bond acceptors (Lipinski definition) is 2. The number of rotatable bonds is 0. The molecule has 4 nitrogen and oxygen atoms in total. The second-order valence-corrected chi connectivity index (χ2v) is 0.610. The van der Waals surface area contributed by atoms with Gasteiger partial charge in [0.15, 0.2) is 0 Å². The predicted molar refractivity (Wildman–Crippen MR) is 32.4 cm³/mol. The third-order valence-corrected chi connectivity index (χ3v) is 0. The van der Waals surface area contributed by atoms with Gasteiger partial charge in [0.05, 0.1) is 0 Å². The zero-order valence-corrected chi connectivity index (χ0v) is 6.71. The molecule has 0 atom stereocenters. The van der Waals surface area contributed by atoms with Crippen LogP contribution >= 0.6 is 0 Å².